The van der Waals surface area contributed by atoms with Crippen LogP contribution in [0.2, 0.25) is 0 Å². The van der Waals surface area contributed by atoms with E-state index in [4.69, 9.17) is 23.7 Å². The Morgan fingerprint density at radius 2 is 1.88 bits per heavy atom. The van der Waals surface area contributed by atoms with Crippen LogP contribution in [0.15, 0.2) is 11.8 Å². The summed E-state index contributed by atoms with van der Waals surface area (Å²) >= 11 is 0. The quantitative estimate of drug-likeness (QED) is 0.294. The zero-order valence-electron chi connectivity index (χ0n) is 24.1. The number of rotatable bonds is 3. The van der Waals surface area contributed by atoms with Gasteiger partial charge in [-0.25, -0.2) is 0 Å². The summed E-state index contributed by atoms with van der Waals surface area (Å²) in [5.74, 6) is -2.68. The van der Waals surface area contributed by atoms with Crippen molar-refractivity contribution in [2.45, 2.75) is 127 Å². The molecule has 10 nitrogen and oxygen atoms in total. The molecule has 10 heteroatoms. The first-order valence-electron chi connectivity index (χ1n) is 15.4. The summed E-state index contributed by atoms with van der Waals surface area (Å²) in [6.45, 7) is 5.30. The zero-order valence-corrected chi connectivity index (χ0v) is 24.1. The van der Waals surface area contributed by atoms with E-state index in [0.717, 1.165) is 44.0 Å². The normalized spacial score (nSPS) is 53.9. The second kappa shape index (κ2) is 9.32. The number of carbonyl (C=O) groups is 3. The second-order valence-corrected chi connectivity index (χ2v) is 14.2. The highest BCUT2D eigenvalue weighted by Crippen LogP contribution is 2.70. The highest BCUT2D eigenvalue weighted by Gasteiger charge is 2.71. The molecular formula is C31H42O10. The molecule has 0 bridgehead atoms. The zero-order chi connectivity index (χ0) is 28.9. The van der Waals surface area contributed by atoms with Crippen LogP contribution in [-0.2, 0) is 38.1 Å². The smallest absolute Gasteiger partial charge is 0.314 e. The molecule has 41 heavy (non-hydrogen) atoms. The molecule has 4 saturated carbocycles. The fraction of sp³-hybridized carbons (Fsp3) is 0.839. The predicted octanol–water partition coefficient (Wildman–Crippen LogP) is 2.92. The van der Waals surface area contributed by atoms with Crippen LogP contribution in [-0.4, -0.2) is 70.5 Å². The molecule has 3 aliphatic heterocycles. The number of esters is 2. The molecule has 7 aliphatic rings. The lowest BCUT2D eigenvalue weighted by Gasteiger charge is -2.64. The van der Waals surface area contributed by atoms with Gasteiger partial charge in [0.15, 0.2) is 6.10 Å². The van der Waals surface area contributed by atoms with Crippen LogP contribution < -0.4 is 0 Å². The molecule has 0 spiro atoms. The Morgan fingerprint density at radius 3 is 2.59 bits per heavy atom. The Bertz CT molecular complexity index is 1170. The van der Waals surface area contributed by atoms with Gasteiger partial charge in [0, 0.05) is 24.2 Å². The second-order valence-electron chi connectivity index (χ2n) is 14.2. The molecule has 2 N–H and O–H groups in total. The third-order valence-electron chi connectivity index (χ3n) is 12.4. The maximum absolute atomic E-state index is 13.2. The SMILES string of the molecule is CC(=O)OC1C[C@@H](C)O[C@H]2OC3C[C@@H]4CCC5[C@H](CCC6(C)[C@@H](C7=COC(=O)C7)CCC56O)C4(C=O)C[C@H]3OC12O. The van der Waals surface area contributed by atoms with Gasteiger partial charge >= 0.3 is 11.9 Å². The Balaban J connectivity index is 1.17. The number of carbonyl (C=O) groups excluding carboxylic acids is 3. The Hall–Kier alpha value is -1.85. The van der Waals surface area contributed by atoms with E-state index < -0.39 is 46.7 Å². The van der Waals surface area contributed by atoms with Gasteiger partial charge in [0.1, 0.15) is 6.29 Å². The lowest BCUT2D eigenvalue weighted by Crippen LogP contribution is -2.71. The van der Waals surface area contributed by atoms with Crippen LogP contribution in [0, 0.1) is 34.5 Å². The third-order valence-corrected chi connectivity index (χ3v) is 12.4. The van der Waals surface area contributed by atoms with Gasteiger partial charge in [-0.2, -0.15) is 0 Å². The average Bonchev–Trinajstić information content (AvgIpc) is 3.46. The maximum atomic E-state index is 13.2. The minimum absolute atomic E-state index is 0.0326. The summed E-state index contributed by atoms with van der Waals surface area (Å²) in [7, 11) is 0. The van der Waals surface area contributed by atoms with Gasteiger partial charge in [0.25, 0.3) is 5.79 Å². The van der Waals surface area contributed by atoms with E-state index in [0.29, 0.717) is 19.3 Å². The van der Waals surface area contributed by atoms with Crippen LogP contribution in [0.5, 0.6) is 0 Å². The highest BCUT2D eigenvalue weighted by molar-refractivity contribution is 5.76. The molecule has 0 aromatic rings. The van der Waals surface area contributed by atoms with E-state index in [-0.39, 0.29) is 54.7 Å². The molecule has 0 aromatic carbocycles. The first kappa shape index (κ1) is 28.0. The largest absolute Gasteiger partial charge is 0.456 e. The van der Waals surface area contributed by atoms with Gasteiger partial charge in [-0.15, -0.1) is 0 Å². The van der Waals surface area contributed by atoms with Crippen molar-refractivity contribution >= 4 is 18.2 Å². The molecule has 7 rings (SSSR count). The van der Waals surface area contributed by atoms with E-state index in [1.54, 1.807) is 6.26 Å². The third kappa shape index (κ3) is 3.83. The molecule has 7 unspecified atom stereocenters. The molecule has 4 aliphatic carbocycles. The van der Waals surface area contributed by atoms with E-state index >= 15 is 0 Å². The number of aldehydes is 1. The van der Waals surface area contributed by atoms with Gasteiger partial charge in [0.05, 0.1) is 36.6 Å². The topological polar surface area (TPSA) is 138 Å². The fourth-order valence-electron chi connectivity index (χ4n) is 10.5. The number of fused-ring (bicyclic) bond motifs is 7. The van der Waals surface area contributed by atoms with Gasteiger partial charge in [-0.3, -0.25) is 9.59 Å². The van der Waals surface area contributed by atoms with Crippen molar-refractivity contribution in [1.82, 2.24) is 0 Å². The van der Waals surface area contributed by atoms with Crippen LogP contribution in [0.1, 0.15) is 85.0 Å². The lowest BCUT2D eigenvalue weighted by atomic mass is 9.42. The van der Waals surface area contributed by atoms with E-state index in [9.17, 15) is 24.6 Å². The van der Waals surface area contributed by atoms with Gasteiger partial charge in [-0.1, -0.05) is 6.92 Å². The van der Waals surface area contributed by atoms with Crippen molar-refractivity contribution < 1.29 is 48.3 Å². The maximum Gasteiger partial charge on any atom is 0.314 e. The molecule has 226 valence electrons. The predicted molar refractivity (Wildman–Crippen MR) is 140 cm³/mol. The van der Waals surface area contributed by atoms with Gasteiger partial charge in [-0.05, 0) is 87.5 Å². The van der Waals surface area contributed by atoms with E-state index in [2.05, 4.69) is 6.92 Å². The number of aliphatic hydroxyl groups is 2. The number of hydrogen-bond donors (Lipinski definition) is 2. The summed E-state index contributed by atoms with van der Waals surface area (Å²) in [5.41, 5.74) is -1.10. The molecule has 0 aromatic heterocycles. The van der Waals surface area contributed by atoms with Crippen molar-refractivity contribution in [2.24, 2.45) is 34.5 Å². The van der Waals surface area contributed by atoms with E-state index in [1.807, 2.05) is 6.92 Å². The molecule has 2 saturated heterocycles. The van der Waals surface area contributed by atoms with Crippen molar-refractivity contribution in [3.05, 3.63) is 11.8 Å². The highest BCUT2D eigenvalue weighted by atomic mass is 16.8. The number of ether oxygens (including phenoxy) is 5. The summed E-state index contributed by atoms with van der Waals surface area (Å²) in [6, 6.07) is 0. The molecule has 0 radical (unpaired) electrons. The molecule has 0 amide bonds. The summed E-state index contributed by atoms with van der Waals surface area (Å²) < 4.78 is 29.3. The summed E-state index contributed by atoms with van der Waals surface area (Å²) in [6.07, 6.45) is 5.51. The average molecular weight is 575 g/mol. The molecule has 13 atom stereocenters. The lowest BCUT2D eigenvalue weighted by molar-refractivity contribution is -0.457. The van der Waals surface area contributed by atoms with Gasteiger partial charge in [0.2, 0.25) is 6.29 Å². The van der Waals surface area contributed by atoms with Gasteiger partial charge < -0.3 is 38.7 Å². The standard InChI is InChI=1S/C31H42O10/c1-16-10-25(39-17(2)33)31(36)27(38-16)40-23-12-19-4-5-22-21(29(19,15-32)13-24(23)41-31)6-8-28(3)20(7-9-30(22,28)35)18-11-26(34)37-14-18/h14-16,19-25,27,35-36H,4-13H2,1-3H3/t16-,19+,20-,21+,22?,23?,24-,25?,27+,28?,29?,30?,31?/m1/s1. The Kier molecular flexibility index (Phi) is 6.36. The Labute approximate surface area is 240 Å². The number of hydrogen-bond acceptors (Lipinski definition) is 10. The van der Waals surface area contributed by atoms with Crippen molar-refractivity contribution in [3.63, 3.8) is 0 Å². The fourth-order valence-corrected chi connectivity index (χ4v) is 10.5. The number of cyclic esters (lactones) is 1. The molecular weight excluding hydrogens is 532 g/mol. The first-order valence-corrected chi connectivity index (χ1v) is 15.4. The van der Waals surface area contributed by atoms with Crippen LogP contribution in [0.3, 0.4) is 0 Å². The van der Waals surface area contributed by atoms with E-state index in [1.165, 1.54) is 6.92 Å². The summed E-state index contributed by atoms with van der Waals surface area (Å²) in [5, 5.41) is 24.2. The van der Waals surface area contributed by atoms with Crippen molar-refractivity contribution in [3.8, 4) is 0 Å². The molecule has 3 heterocycles. The van der Waals surface area contributed by atoms with Crippen molar-refractivity contribution in [2.75, 3.05) is 0 Å². The minimum atomic E-state index is -1.97. The monoisotopic (exact) mass is 574 g/mol. The first-order chi connectivity index (χ1) is 19.4. The summed E-state index contributed by atoms with van der Waals surface area (Å²) in [4.78, 5) is 37.0. The molecule has 6 fully saturated rings. The van der Waals surface area contributed by atoms with Crippen LogP contribution in [0.25, 0.3) is 0 Å². The minimum Gasteiger partial charge on any atom is -0.456 e. The van der Waals surface area contributed by atoms with Crippen LogP contribution >= 0.6 is 0 Å². The van der Waals surface area contributed by atoms with Crippen molar-refractivity contribution in [1.29, 1.82) is 0 Å². The Morgan fingerprint density at radius 1 is 1.07 bits per heavy atom. The van der Waals surface area contributed by atoms with Crippen LogP contribution in [0.4, 0.5) is 0 Å².